The molecular formula is C15H26N2O2. The molecule has 0 saturated carbocycles. The van der Waals surface area contributed by atoms with Gasteiger partial charge in [-0.2, -0.15) is 0 Å². The van der Waals surface area contributed by atoms with Gasteiger partial charge in [0.05, 0.1) is 6.26 Å². The quantitative estimate of drug-likeness (QED) is 0.759. The van der Waals surface area contributed by atoms with Gasteiger partial charge in [-0.25, -0.2) is 0 Å². The lowest BCUT2D eigenvalue weighted by atomic mass is 9.94. The van der Waals surface area contributed by atoms with E-state index in [1.807, 2.05) is 19.1 Å². The predicted octanol–water partition coefficient (Wildman–Crippen LogP) is 2.34. The SMILES string of the molecule is CC(C)CC(CN)CC(=O)NC(C)Cc1ccco1. The molecule has 4 nitrogen and oxygen atoms in total. The minimum atomic E-state index is 0.0788. The van der Waals surface area contributed by atoms with Gasteiger partial charge in [-0.05, 0) is 43.9 Å². The first kappa shape index (κ1) is 15.8. The van der Waals surface area contributed by atoms with E-state index in [4.69, 9.17) is 10.2 Å². The summed E-state index contributed by atoms with van der Waals surface area (Å²) < 4.78 is 5.27. The van der Waals surface area contributed by atoms with Crippen LogP contribution in [-0.2, 0) is 11.2 Å². The van der Waals surface area contributed by atoms with Gasteiger partial charge in [0.2, 0.25) is 5.91 Å². The second kappa shape index (κ2) is 8.00. The third kappa shape index (κ3) is 6.43. The lowest BCUT2D eigenvalue weighted by Crippen LogP contribution is -2.36. The molecule has 0 radical (unpaired) electrons. The van der Waals surface area contributed by atoms with E-state index in [1.54, 1.807) is 6.26 Å². The molecule has 3 N–H and O–H groups in total. The fourth-order valence-corrected chi connectivity index (χ4v) is 2.31. The van der Waals surface area contributed by atoms with Crippen molar-refractivity contribution in [3.63, 3.8) is 0 Å². The fraction of sp³-hybridized carbons (Fsp3) is 0.667. The van der Waals surface area contributed by atoms with Crippen molar-refractivity contribution < 1.29 is 9.21 Å². The van der Waals surface area contributed by atoms with Gasteiger partial charge in [-0.1, -0.05) is 13.8 Å². The first-order chi connectivity index (χ1) is 9.01. The van der Waals surface area contributed by atoms with Gasteiger partial charge in [0, 0.05) is 18.9 Å². The van der Waals surface area contributed by atoms with Crippen LogP contribution in [0.2, 0.25) is 0 Å². The number of carbonyl (C=O) groups is 1. The predicted molar refractivity (Wildman–Crippen MR) is 76.6 cm³/mol. The number of hydrogen-bond donors (Lipinski definition) is 2. The Hall–Kier alpha value is -1.29. The summed E-state index contributed by atoms with van der Waals surface area (Å²) in [5.41, 5.74) is 5.71. The van der Waals surface area contributed by atoms with Crippen LogP contribution >= 0.6 is 0 Å². The maximum atomic E-state index is 11.9. The van der Waals surface area contributed by atoms with Crippen molar-refractivity contribution in [2.24, 2.45) is 17.6 Å². The van der Waals surface area contributed by atoms with Gasteiger partial charge in [-0.3, -0.25) is 4.79 Å². The van der Waals surface area contributed by atoms with Crippen LogP contribution in [0.25, 0.3) is 0 Å². The average molecular weight is 266 g/mol. The van der Waals surface area contributed by atoms with Crippen molar-refractivity contribution in [3.8, 4) is 0 Å². The molecule has 1 aromatic rings. The first-order valence-electron chi connectivity index (χ1n) is 7.03. The van der Waals surface area contributed by atoms with E-state index in [2.05, 4.69) is 19.2 Å². The van der Waals surface area contributed by atoms with Crippen LogP contribution < -0.4 is 11.1 Å². The monoisotopic (exact) mass is 266 g/mol. The Morgan fingerprint density at radius 3 is 2.68 bits per heavy atom. The van der Waals surface area contributed by atoms with Gasteiger partial charge < -0.3 is 15.5 Å². The lowest BCUT2D eigenvalue weighted by molar-refractivity contribution is -0.122. The lowest BCUT2D eigenvalue weighted by Gasteiger charge is -2.18. The average Bonchev–Trinajstić information content (AvgIpc) is 2.79. The molecule has 2 atom stereocenters. The molecule has 0 aromatic carbocycles. The zero-order valence-electron chi connectivity index (χ0n) is 12.2. The molecule has 2 unspecified atom stereocenters. The molecule has 1 amide bonds. The summed E-state index contributed by atoms with van der Waals surface area (Å²) in [5, 5.41) is 3.00. The molecule has 19 heavy (non-hydrogen) atoms. The highest BCUT2D eigenvalue weighted by atomic mass is 16.3. The number of hydrogen-bond acceptors (Lipinski definition) is 3. The molecule has 0 saturated heterocycles. The number of furan rings is 1. The van der Waals surface area contributed by atoms with Crippen LogP contribution in [0, 0.1) is 11.8 Å². The van der Waals surface area contributed by atoms with Gasteiger partial charge >= 0.3 is 0 Å². The minimum Gasteiger partial charge on any atom is -0.469 e. The summed E-state index contributed by atoms with van der Waals surface area (Å²) >= 11 is 0. The minimum absolute atomic E-state index is 0.0788. The Bertz CT molecular complexity index is 360. The summed E-state index contributed by atoms with van der Waals surface area (Å²) in [6, 6.07) is 3.86. The highest BCUT2D eigenvalue weighted by molar-refractivity contribution is 5.76. The summed E-state index contributed by atoms with van der Waals surface area (Å²) in [5.74, 6) is 1.82. The van der Waals surface area contributed by atoms with Crippen LogP contribution in [0.3, 0.4) is 0 Å². The van der Waals surface area contributed by atoms with E-state index in [0.29, 0.717) is 18.9 Å². The van der Waals surface area contributed by atoms with E-state index in [0.717, 1.165) is 18.6 Å². The van der Waals surface area contributed by atoms with Crippen LogP contribution in [0.5, 0.6) is 0 Å². The van der Waals surface area contributed by atoms with Gasteiger partial charge in [0.25, 0.3) is 0 Å². The number of nitrogens with two attached hydrogens (primary N) is 1. The van der Waals surface area contributed by atoms with E-state index in [9.17, 15) is 4.79 Å². The van der Waals surface area contributed by atoms with Crippen LogP contribution in [0.15, 0.2) is 22.8 Å². The van der Waals surface area contributed by atoms with Crippen molar-refractivity contribution >= 4 is 5.91 Å². The summed E-state index contributed by atoms with van der Waals surface area (Å²) in [6.07, 6.45) is 3.88. The molecule has 0 fully saturated rings. The van der Waals surface area contributed by atoms with Crippen LogP contribution in [0.4, 0.5) is 0 Å². The highest BCUT2D eigenvalue weighted by Gasteiger charge is 2.16. The van der Waals surface area contributed by atoms with Gasteiger partial charge in [-0.15, -0.1) is 0 Å². The third-order valence-corrected chi connectivity index (χ3v) is 3.11. The van der Waals surface area contributed by atoms with E-state index >= 15 is 0 Å². The zero-order chi connectivity index (χ0) is 14.3. The number of carbonyl (C=O) groups excluding carboxylic acids is 1. The first-order valence-corrected chi connectivity index (χ1v) is 7.03. The van der Waals surface area contributed by atoms with E-state index in [-0.39, 0.29) is 17.9 Å². The molecule has 1 aromatic heterocycles. The molecule has 0 aliphatic rings. The topological polar surface area (TPSA) is 68.3 Å². The maximum Gasteiger partial charge on any atom is 0.220 e. The summed E-state index contributed by atoms with van der Waals surface area (Å²) in [4.78, 5) is 11.9. The van der Waals surface area contributed by atoms with E-state index < -0.39 is 0 Å². The molecule has 0 aliphatic heterocycles. The summed E-state index contributed by atoms with van der Waals surface area (Å²) in [7, 11) is 0. The van der Waals surface area contributed by atoms with Crippen LogP contribution in [-0.4, -0.2) is 18.5 Å². The number of amides is 1. The molecular weight excluding hydrogens is 240 g/mol. The van der Waals surface area contributed by atoms with Crippen molar-refractivity contribution in [1.29, 1.82) is 0 Å². The second-order valence-corrected chi connectivity index (χ2v) is 5.69. The van der Waals surface area contributed by atoms with Gasteiger partial charge in [0.1, 0.15) is 5.76 Å². The zero-order valence-corrected chi connectivity index (χ0v) is 12.2. The molecule has 1 heterocycles. The Morgan fingerprint density at radius 2 is 2.16 bits per heavy atom. The van der Waals surface area contributed by atoms with E-state index in [1.165, 1.54) is 0 Å². The van der Waals surface area contributed by atoms with Crippen molar-refractivity contribution in [2.75, 3.05) is 6.54 Å². The smallest absolute Gasteiger partial charge is 0.220 e. The van der Waals surface area contributed by atoms with Crippen molar-refractivity contribution in [1.82, 2.24) is 5.32 Å². The largest absolute Gasteiger partial charge is 0.469 e. The number of nitrogens with one attached hydrogen (secondary N) is 1. The number of rotatable bonds is 8. The Kier molecular flexibility index (Phi) is 6.64. The Balaban J connectivity index is 2.33. The van der Waals surface area contributed by atoms with Crippen LogP contribution in [0.1, 0.15) is 39.4 Å². The molecule has 0 aliphatic carbocycles. The third-order valence-electron chi connectivity index (χ3n) is 3.11. The molecule has 0 bridgehead atoms. The maximum absolute atomic E-state index is 11.9. The normalized spacial score (nSPS) is 14.4. The summed E-state index contributed by atoms with van der Waals surface area (Å²) in [6.45, 7) is 6.86. The van der Waals surface area contributed by atoms with Crippen molar-refractivity contribution in [2.45, 2.75) is 46.1 Å². The van der Waals surface area contributed by atoms with Crippen molar-refractivity contribution in [3.05, 3.63) is 24.2 Å². The highest BCUT2D eigenvalue weighted by Crippen LogP contribution is 2.14. The molecule has 108 valence electrons. The second-order valence-electron chi connectivity index (χ2n) is 5.69. The fourth-order valence-electron chi connectivity index (χ4n) is 2.31. The Morgan fingerprint density at radius 1 is 1.42 bits per heavy atom. The van der Waals surface area contributed by atoms with Gasteiger partial charge in [0.15, 0.2) is 0 Å². The molecule has 4 heteroatoms. The standard InChI is InChI=1S/C15H26N2O2/c1-11(2)7-13(10-16)9-15(18)17-12(3)8-14-5-4-6-19-14/h4-6,11-13H,7-10,16H2,1-3H3,(H,17,18). The molecule has 1 rings (SSSR count). The Labute approximate surface area is 115 Å². The molecule has 0 spiro atoms.